The Balaban J connectivity index is 2.58. The molecule has 4 nitrogen and oxygen atoms in total. The second-order valence-electron chi connectivity index (χ2n) is 5.13. The smallest absolute Gasteiger partial charge is 0.320 e. The summed E-state index contributed by atoms with van der Waals surface area (Å²) in [5.74, 6) is -1.72. The standard InChI is InChI=1S/C17H18N2O2/c1-11-4-7-14(8-5-11)19(17(21)16(18)20)15-9-6-12(2)10-13(15)3/h4-10H,1-3H3,(H2,18,20). The van der Waals surface area contributed by atoms with E-state index in [-0.39, 0.29) is 0 Å². The number of rotatable bonds is 2. The van der Waals surface area contributed by atoms with Crippen LogP contribution >= 0.6 is 0 Å². The molecule has 0 saturated heterocycles. The topological polar surface area (TPSA) is 63.4 Å². The maximum atomic E-state index is 12.2. The molecule has 0 aromatic heterocycles. The Labute approximate surface area is 124 Å². The first-order valence-electron chi connectivity index (χ1n) is 6.68. The summed E-state index contributed by atoms with van der Waals surface area (Å²) in [4.78, 5) is 24.9. The van der Waals surface area contributed by atoms with Crippen LogP contribution in [0, 0.1) is 20.8 Å². The molecule has 0 radical (unpaired) electrons. The number of benzene rings is 2. The van der Waals surface area contributed by atoms with Crippen LogP contribution in [0.25, 0.3) is 0 Å². The summed E-state index contributed by atoms with van der Waals surface area (Å²) in [6.07, 6.45) is 0. The lowest BCUT2D eigenvalue weighted by Gasteiger charge is -2.23. The number of anilines is 2. The Hall–Kier alpha value is -2.62. The van der Waals surface area contributed by atoms with Crippen LogP contribution in [-0.4, -0.2) is 11.8 Å². The van der Waals surface area contributed by atoms with Crippen LogP contribution in [0.15, 0.2) is 42.5 Å². The monoisotopic (exact) mass is 282 g/mol. The summed E-state index contributed by atoms with van der Waals surface area (Å²) in [7, 11) is 0. The van der Waals surface area contributed by atoms with Gasteiger partial charge in [0.2, 0.25) is 0 Å². The molecule has 4 heteroatoms. The summed E-state index contributed by atoms with van der Waals surface area (Å²) in [5.41, 5.74) is 9.55. The van der Waals surface area contributed by atoms with Crippen molar-refractivity contribution in [2.75, 3.05) is 4.90 Å². The average Bonchev–Trinajstić information content (AvgIpc) is 2.43. The van der Waals surface area contributed by atoms with Gasteiger partial charge in [-0.1, -0.05) is 35.4 Å². The molecule has 0 fully saturated rings. The lowest BCUT2D eigenvalue weighted by Crippen LogP contribution is -2.37. The molecule has 2 aromatic rings. The van der Waals surface area contributed by atoms with Gasteiger partial charge in [0.05, 0.1) is 5.69 Å². The van der Waals surface area contributed by atoms with Crippen LogP contribution in [-0.2, 0) is 9.59 Å². The van der Waals surface area contributed by atoms with Crippen molar-refractivity contribution < 1.29 is 9.59 Å². The highest BCUT2D eigenvalue weighted by molar-refractivity contribution is 6.41. The first-order chi connectivity index (χ1) is 9.90. The third-order valence-electron chi connectivity index (χ3n) is 3.30. The molecule has 0 saturated carbocycles. The van der Waals surface area contributed by atoms with E-state index in [1.54, 1.807) is 12.1 Å². The van der Waals surface area contributed by atoms with Crippen LogP contribution in [0.3, 0.4) is 0 Å². The van der Waals surface area contributed by atoms with Gasteiger partial charge < -0.3 is 5.73 Å². The highest BCUT2D eigenvalue weighted by atomic mass is 16.2. The molecule has 0 bridgehead atoms. The van der Waals surface area contributed by atoms with Gasteiger partial charge in [0, 0.05) is 5.69 Å². The molecule has 0 spiro atoms. The minimum Gasteiger partial charge on any atom is -0.361 e. The number of primary amides is 1. The lowest BCUT2D eigenvalue weighted by molar-refractivity contribution is -0.135. The molecule has 0 atom stereocenters. The third kappa shape index (κ3) is 3.11. The van der Waals surface area contributed by atoms with Gasteiger partial charge in [0.25, 0.3) is 0 Å². The van der Waals surface area contributed by atoms with Crippen LogP contribution in [0.1, 0.15) is 16.7 Å². The minimum absolute atomic E-state index is 0.622. The molecule has 2 rings (SSSR count). The van der Waals surface area contributed by atoms with Gasteiger partial charge in [-0.25, -0.2) is 0 Å². The Morgan fingerprint density at radius 3 is 2.00 bits per heavy atom. The summed E-state index contributed by atoms with van der Waals surface area (Å²) < 4.78 is 0. The van der Waals surface area contributed by atoms with Crippen molar-refractivity contribution in [1.82, 2.24) is 0 Å². The van der Waals surface area contributed by atoms with Gasteiger partial charge in [-0.2, -0.15) is 0 Å². The molecule has 0 aliphatic heterocycles. The second-order valence-corrected chi connectivity index (χ2v) is 5.13. The van der Waals surface area contributed by atoms with Crippen molar-refractivity contribution in [3.05, 3.63) is 59.2 Å². The van der Waals surface area contributed by atoms with E-state index >= 15 is 0 Å². The van der Waals surface area contributed by atoms with E-state index in [4.69, 9.17) is 5.73 Å². The van der Waals surface area contributed by atoms with Crippen LogP contribution < -0.4 is 10.6 Å². The molecular weight excluding hydrogens is 264 g/mol. The van der Waals surface area contributed by atoms with Gasteiger partial charge in [0.1, 0.15) is 0 Å². The summed E-state index contributed by atoms with van der Waals surface area (Å²) in [6.45, 7) is 5.84. The van der Waals surface area contributed by atoms with Crippen LogP contribution in [0.4, 0.5) is 11.4 Å². The number of carbonyl (C=O) groups excluding carboxylic acids is 2. The molecule has 21 heavy (non-hydrogen) atoms. The van der Waals surface area contributed by atoms with Gasteiger partial charge in [-0.05, 0) is 44.5 Å². The van der Waals surface area contributed by atoms with E-state index in [9.17, 15) is 9.59 Å². The largest absolute Gasteiger partial charge is 0.361 e. The molecule has 2 N–H and O–H groups in total. The van der Waals surface area contributed by atoms with Crippen molar-refractivity contribution in [1.29, 1.82) is 0 Å². The fraction of sp³-hybridized carbons (Fsp3) is 0.176. The maximum Gasteiger partial charge on any atom is 0.320 e. The summed E-state index contributed by atoms with van der Waals surface area (Å²) in [5, 5.41) is 0. The molecule has 108 valence electrons. The fourth-order valence-corrected chi connectivity index (χ4v) is 2.23. The molecule has 0 aliphatic carbocycles. The quantitative estimate of drug-likeness (QED) is 0.861. The zero-order valence-corrected chi connectivity index (χ0v) is 12.4. The Morgan fingerprint density at radius 2 is 1.48 bits per heavy atom. The third-order valence-corrected chi connectivity index (χ3v) is 3.30. The lowest BCUT2D eigenvalue weighted by atomic mass is 10.1. The molecule has 0 unspecified atom stereocenters. The Kier molecular flexibility index (Phi) is 4.08. The number of aryl methyl sites for hydroxylation is 3. The van der Waals surface area contributed by atoms with Crippen molar-refractivity contribution in [3.63, 3.8) is 0 Å². The predicted octanol–water partition coefficient (Wildman–Crippen LogP) is 2.76. The number of amides is 2. The van der Waals surface area contributed by atoms with Crippen molar-refractivity contribution in [3.8, 4) is 0 Å². The average molecular weight is 282 g/mol. The summed E-state index contributed by atoms with van der Waals surface area (Å²) >= 11 is 0. The molecule has 0 aliphatic rings. The predicted molar refractivity (Wildman–Crippen MR) is 83.4 cm³/mol. The van der Waals surface area contributed by atoms with E-state index in [0.717, 1.165) is 16.7 Å². The number of nitrogens with zero attached hydrogens (tertiary/aromatic N) is 1. The number of carbonyl (C=O) groups is 2. The first kappa shape index (κ1) is 14.8. The normalized spacial score (nSPS) is 10.2. The molecular formula is C17H18N2O2. The zero-order chi connectivity index (χ0) is 15.6. The second kappa shape index (κ2) is 5.79. The maximum absolute atomic E-state index is 12.2. The van der Waals surface area contributed by atoms with E-state index in [1.807, 2.05) is 51.1 Å². The van der Waals surface area contributed by atoms with Gasteiger partial charge in [0.15, 0.2) is 0 Å². The van der Waals surface area contributed by atoms with Gasteiger partial charge in [-0.3, -0.25) is 14.5 Å². The van der Waals surface area contributed by atoms with Crippen molar-refractivity contribution >= 4 is 23.2 Å². The van der Waals surface area contributed by atoms with Crippen LogP contribution in [0.5, 0.6) is 0 Å². The number of nitrogens with two attached hydrogens (primary N) is 1. The first-order valence-corrected chi connectivity index (χ1v) is 6.68. The van der Waals surface area contributed by atoms with E-state index in [0.29, 0.717) is 11.4 Å². The van der Waals surface area contributed by atoms with Crippen LogP contribution in [0.2, 0.25) is 0 Å². The molecule has 2 amide bonds. The highest BCUT2D eigenvalue weighted by Crippen LogP contribution is 2.29. The Bertz CT molecular complexity index is 690. The van der Waals surface area contributed by atoms with E-state index in [2.05, 4.69) is 0 Å². The highest BCUT2D eigenvalue weighted by Gasteiger charge is 2.23. The van der Waals surface area contributed by atoms with Crippen molar-refractivity contribution in [2.24, 2.45) is 5.73 Å². The van der Waals surface area contributed by atoms with Gasteiger partial charge in [-0.15, -0.1) is 0 Å². The number of hydrogen-bond donors (Lipinski definition) is 1. The van der Waals surface area contributed by atoms with E-state index in [1.165, 1.54) is 4.90 Å². The molecule has 2 aromatic carbocycles. The SMILES string of the molecule is Cc1ccc(N(C(=O)C(N)=O)c2ccc(C)cc2C)cc1. The van der Waals surface area contributed by atoms with Crippen molar-refractivity contribution in [2.45, 2.75) is 20.8 Å². The molecule has 0 heterocycles. The number of hydrogen-bond acceptors (Lipinski definition) is 2. The zero-order valence-electron chi connectivity index (χ0n) is 12.4. The summed E-state index contributed by atoms with van der Waals surface area (Å²) in [6, 6.07) is 13.1. The van der Waals surface area contributed by atoms with Gasteiger partial charge >= 0.3 is 11.8 Å². The Morgan fingerprint density at radius 1 is 0.905 bits per heavy atom. The van der Waals surface area contributed by atoms with E-state index < -0.39 is 11.8 Å². The minimum atomic E-state index is -0.976. The fourth-order valence-electron chi connectivity index (χ4n) is 2.23.